The van der Waals surface area contributed by atoms with Crippen molar-refractivity contribution in [3.63, 3.8) is 0 Å². The number of thiazole rings is 1. The summed E-state index contributed by atoms with van der Waals surface area (Å²) in [5.41, 5.74) is 2.12. The minimum atomic E-state index is -3.27. The van der Waals surface area contributed by atoms with E-state index in [1.165, 1.54) is 17.4 Å². The Morgan fingerprint density at radius 2 is 1.91 bits per heavy atom. The number of rotatable bonds is 3. The highest BCUT2D eigenvalue weighted by molar-refractivity contribution is 7.90. The summed E-state index contributed by atoms with van der Waals surface area (Å²) in [6.07, 6.45) is 1.16. The largest absolute Gasteiger partial charge is 0.298 e. The van der Waals surface area contributed by atoms with Gasteiger partial charge in [0.25, 0.3) is 5.91 Å². The predicted octanol–water partition coefficient (Wildman–Crippen LogP) is 3.26. The Hall–Kier alpha value is -2.25. The zero-order valence-electron chi connectivity index (χ0n) is 12.5. The van der Waals surface area contributed by atoms with Crippen molar-refractivity contribution in [1.82, 2.24) is 4.98 Å². The van der Waals surface area contributed by atoms with Crippen molar-refractivity contribution in [2.75, 3.05) is 11.6 Å². The topological polar surface area (TPSA) is 76.1 Å². The van der Waals surface area contributed by atoms with E-state index in [-0.39, 0.29) is 10.8 Å². The summed E-state index contributed by atoms with van der Waals surface area (Å²) in [5, 5.41) is 3.21. The van der Waals surface area contributed by atoms with Crippen LogP contribution in [0.15, 0.2) is 47.4 Å². The molecule has 0 saturated heterocycles. The monoisotopic (exact) mass is 346 g/mol. The predicted molar refractivity (Wildman–Crippen MR) is 91.9 cm³/mol. The Morgan fingerprint density at radius 1 is 1.17 bits per heavy atom. The van der Waals surface area contributed by atoms with Gasteiger partial charge in [0, 0.05) is 11.8 Å². The van der Waals surface area contributed by atoms with E-state index >= 15 is 0 Å². The van der Waals surface area contributed by atoms with E-state index in [4.69, 9.17) is 0 Å². The Kier molecular flexibility index (Phi) is 3.91. The molecule has 0 spiro atoms. The summed E-state index contributed by atoms with van der Waals surface area (Å²) in [6, 6.07) is 12.0. The van der Waals surface area contributed by atoms with Crippen molar-refractivity contribution in [3.05, 3.63) is 53.6 Å². The maximum atomic E-state index is 12.3. The van der Waals surface area contributed by atoms with Gasteiger partial charge in [-0.25, -0.2) is 13.4 Å². The summed E-state index contributed by atoms with van der Waals surface area (Å²) in [5.74, 6) is -0.231. The van der Waals surface area contributed by atoms with Gasteiger partial charge in [-0.1, -0.05) is 29.5 Å². The molecule has 1 heterocycles. The molecule has 23 heavy (non-hydrogen) atoms. The van der Waals surface area contributed by atoms with Crippen molar-refractivity contribution in [2.24, 2.45) is 0 Å². The molecule has 0 atom stereocenters. The number of nitrogens with zero attached hydrogens (tertiary/aromatic N) is 1. The van der Waals surface area contributed by atoms with Crippen LogP contribution in [0.25, 0.3) is 10.2 Å². The fourth-order valence-corrected chi connectivity index (χ4v) is 3.80. The average Bonchev–Trinajstić information content (AvgIpc) is 2.87. The van der Waals surface area contributed by atoms with Gasteiger partial charge in [0.05, 0.1) is 15.1 Å². The Bertz CT molecular complexity index is 1010. The van der Waals surface area contributed by atoms with Crippen LogP contribution >= 0.6 is 11.3 Å². The molecule has 0 fully saturated rings. The second-order valence-corrected chi connectivity index (χ2v) is 8.24. The first kappa shape index (κ1) is 15.6. The standard InChI is InChI=1S/C16H14N2O3S2/c1-10-5-3-4-6-12(10)15(19)18-16-17-13-8-7-11(23(2,20)21)9-14(13)22-16/h3-9H,1-2H3,(H,17,18,19). The fraction of sp³-hybridized carbons (Fsp3) is 0.125. The zero-order valence-corrected chi connectivity index (χ0v) is 14.2. The molecule has 3 aromatic rings. The van der Waals surface area contributed by atoms with Crippen LogP contribution in [0.2, 0.25) is 0 Å². The lowest BCUT2D eigenvalue weighted by molar-refractivity contribution is 0.102. The minimum Gasteiger partial charge on any atom is -0.298 e. The molecule has 0 saturated carbocycles. The smallest absolute Gasteiger partial charge is 0.257 e. The van der Waals surface area contributed by atoms with Crippen LogP contribution in [0.3, 0.4) is 0 Å². The van der Waals surface area contributed by atoms with Crippen LogP contribution < -0.4 is 5.32 Å². The third kappa shape index (κ3) is 3.25. The second-order valence-electron chi connectivity index (χ2n) is 5.19. The number of hydrogen-bond donors (Lipinski definition) is 1. The number of hydrogen-bond acceptors (Lipinski definition) is 5. The highest BCUT2D eigenvalue weighted by Crippen LogP contribution is 2.28. The van der Waals surface area contributed by atoms with Gasteiger partial charge in [-0.15, -0.1) is 0 Å². The normalized spacial score (nSPS) is 11.6. The first-order chi connectivity index (χ1) is 10.8. The maximum Gasteiger partial charge on any atom is 0.257 e. The van der Waals surface area contributed by atoms with E-state index in [0.717, 1.165) is 11.8 Å². The Morgan fingerprint density at radius 3 is 2.61 bits per heavy atom. The van der Waals surface area contributed by atoms with E-state index in [1.807, 2.05) is 19.1 Å². The molecule has 0 aliphatic heterocycles. The minimum absolute atomic E-state index is 0.231. The summed E-state index contributed by atoms with van der Waals surface area (Å²) in [4.78, 5) is 16.9. The van der Waals surface area contributed by atoms with Gasteiger partial charge in [-0.3, -0.25) is 10.1 Å². The zero-order chi connectivity index (χ0) is 16.6. The molecule has 2 aromatic carbocycles. The molecule has 5 nitrogen and oxygen atoms in total. The van der Waals surface area contributed by atoms with Gasteiger partial charge in [0.1, 0.15) is 0 Å². The fourth-order valence-electron chi connectivity index (χ4n) is 2.18. The molecule has 3 rings (SSSR count). The van der Waals surface area contributed by atoms with E-state index in [2.05, 4.69) is 10.3 Å². The van der Waals surface area contributed by atoms with Gasteiger partial charge < -0.3 is 0 Å². The Labute approximate surface area is 137 Å². The first-order valence-corrected chi connectivity index (χ1v) is 9.53. The molecular weight excluding hydrogens is 332 g/mol. The molecule has 1 N–H and O–H groups in total. The molecule has 1 amide bonds. The van der Waals surface area contributed by atoms with Crippen molar-refractivity contribution >= 4 is 42.4 Å². The van der Waals surface area contributed by atoms with E-state index in [1.54, 1.807) is 24.3 Å². The van der Waals surface area contributed by atoms with Gasteiger partial charge in [-0.2, -0.15) is 0 Å². The molecule has 0 radical (unpaired) electrons. The lowest BCUT2D eigenvalue weighted by Gasteiger charge is -2.04. The molecular formula is C16H14N2O3S2. The summed E-state index contributed by atoms with van der Waals surface area (Å²) >= 11 is 1.25. The third-order valence-corrected chi connectivity index (χ3v) is 5.44. The van der Waals surface area contributed by atoms with Crippen LogP contribution in [0.5, 0.6) is 0 Å². The second kappa shape index (κ2) is 5.75. The van der Waals surface area contributed by atoms with Crippen molar-refractivity contribution in [2.45, 2.75) is 11.8 Å². The number of amides is 1. The molecule has 1 aromatic heterocycles. The third-order valence-electron chi connectivity index (χ3n) is 3.40. The average molecular weight is 346 g/mol. The molecule has 0 aliphatic rings. The van der Waals surface area contributed by atoms with Crippen LogP contribution in [0.1, 0.15) is 15.9 Å². The van der Waals surface area contributed by atoms with Crippen molar-refractivity contribution in [1.29, 1.82) is 0 Å². The highest BCUT2D eigenvalue weighted by Gasteiger charge is 2.13. The van der Waals surface area contributed by atoms with Crippen molar-refractivity contribution in [3.8, 4) is 0 Å². The van der Waals surface area contributed by atoms with Gasteiger partial charge in [0.2, 0.25) is 0 Å². The molecule has 118 valence electrons. The maximum absolute atomic E-state index is 12.3. The lowest BCUT2D eigenvalue weighted by Crippen LogP contribution is -2.12. The highest BCUT2D eigenvalue weighted by atomic mass is 32.2. The molecule has 0 bridgehead atoms. The van der Waals surface area contributed by atoms with Crippen LogP contribution in [-0.2, 0) is 9.84 Å². The summed E-state index contributed by atoms with van der Waals surface area (Å²) < 4.78 is 23.9. The van der Waals surface area contributed by atoms with E-state index in [0.29, 0.717) is 20.9 Å². The summed E-state index contributed by atoms with van der Waals surface area (Å²) in [6.45, 7) is 1.87. The number of aryl methyl sites for hydroxylation is 1. The molecule has 0 unspecified atom stereocenters. The van der Waals surface area contributed by atoms with Crippen LogP contribution in [-0.4, -0.2) is 25.6 Å². The number of nitrogens with one attached hydrogen (secondary N) is 1. The number of benzene rings is 2. The lowest BCUT2D eigenvalue weighted by atomic mass is 10.1. The quantitative estimate of drug-likeness (QED) is 0.790. The molecule has 7 heteroatoms. The van der Waals surface area contributed by atoms with E-state index < -0.39 is 9.84 Å². The Balaban J connectivity index is 1.92. The SMILES string of the molecule is Cc1ccccc1C(=O)Nc1nc2ccc(S(C)(=O)=O)cc2s1. The summed E-state index contributed by atoms with van der Waals surface area (Å²) in [7, 11) is -3.27. The number of carbonyl (C=O) groups is 1. The van der Waals surface area contributed by atoms with Crippen LogP contribution in [0, 0.1) is 6.92 Å². The first-order valence-electron chi connectivity index (χ1n) is 6.82. The van der Waals surface area contributed by atoms with Crippen molar-refractivity contribution < 1.29 is 13.2 Å². The van der Waals surface area contributed by atoms with Gasteiger partial charge in [0.15, 0.2) is 15.0 Å². The molecule has 0 aliphatic carbocycles. The number of sulfone groups is 1. The van der Waals surface area contributed by atoms with Gasteiger partial charge in [-0.05, 0) is 36.8 Å². The number of carbonyl (C=O) groups excluding carboxylic acids is 1. The number of anilines is 1. The number of fused-ring (bicyclic) bond motifs is 1. The van der Waals surface area contributed by atoms with Crippen LogP contribution in [0.4, 0.5) is 5.13 Å². The van der Waals surface area contributed by atoms with E-state index in [9.17, 15) is 13.2 Å². The van der Waals surface area contributed by atoms with Gasteiger partial charge >= 0.3 is 0 Å². The number of aromatic nitrogens is 1.